The first kappa shape index (κ1) is 24.5. The van der Waals surface area contributed by atoms with Crippen LogP contribution in [-0.4, -0.2) is 74.0 Å². The molecular weight excluding hydrogens is 416 g/mol. The van der Waals surface area contributed by atoms with Crippen molar-refractivity contribution in [3.63, 3.8) is 0 Å². The van der Waals surface area contributed by atoms with E-state index in [1.165, 1.54) is 6.42 Å². The Hall–Kier alpha value is -3.10. The summed E-state index contributed by atoms with van der Waals surface area (Å²) in [4.78, 5) is 5.05. The quantitative estimate of drug-likeness (QED) is 0.223. The molecule has 0 saturated carbocycles. The van der Waals surface area contributed by atoms with E-state index in [9.17, 15) is 0 Å². The summed E-state index contributed by atoms with van der Waals surface area (Å²) in [5, 5.41) is 14.9. The molecule has 0 amide bonds. The number of hydrogen-bond donors (Lipinski definition) is 4. The van der Waals surface area contributed by atoms with Gasteiger partial charge < -0.3 is 30.7 Å². The summed E-state index contributed by atoms with van der Waals surface area (Å²) in [7, 11) is 0. The van der Waals surface area contributed by atoms with E-state index in [1.807, 2.05) is 48.5 Å². The molecule has 6 N–H and O–H groups in total. The molecule has 0 radical (unpaired) electrons. The third kappa shape index (κ3) is 8.40. The van der Waals surface area contributed by atoms with E-state index in [1.54, 1.807) is 0 Å². The Kier molecular flexibility index (Phi) is 9.53. The molecule has 0 aromatic heterocycles. The van der Waals surface area contributed by atoms with Crippen LogP contribution in [-0.2, 0) is 0 Å². The number of rotatable bonds is 12. The molecule has 178 valence electrons. The number of benzene rings is 2. The van der Waals surface area contributed by atoms with Gasteiger partial charge in [-0.15, -0.1) is 0 Å². The second-order valence-corrected chi connectivity index (χ2v) is 8.32. The zero-order chi connectivity index (χ0) is 23.5. The fourth-order valence-electron chi connectivity index (χ4n) is 3.89. The highest BCUT2D eigenvalue weighted by Crippen LogP contribution is 2.14. The van der Waals surface area contributed by atoms with Gasteiger partial charge in [-0.2, -0.15) is 0 Å². The van der Waals surface area contributed by atoms with Crippen LogP contribution in [0.5, 0.6) is 11.5 Å². The van der Waals surface area contributed by atoms with E-state index in [2.05, 4.69) is 9.80 Å². The van der Waals surface area contributed by atoms with Crippen LogP contribution < -0.4 is 20.9 Å². The van der Waals surface area contributed by atoms with Gasteiger partial charge >= 0.3 is 0 Å². The second-order valence-electron chi connectivity index (χ2n) is 8.32. The van der Waals surface area contributed by atoms with Crippen LogP contribution >= 0.6 is 0 Å². The van der Waals surface area contributed by atoms with Crippen molar-refractivity contribution in [2.75, 3.05) is 52.5 Å². The molecule has 8 heteroatoms. The Bertz CT molecular complexity index is 811. The molecule has 1 aliphatic rings. The molecule has 2 aromatic rings. The van der Waals surface area contributed by atoms with Crippen LogP contribution in [0.2, 0.25) is 0 Å². The van der Waals surface area contributed by atoms with Gasteiger partial charge in [0, 0.05) is 37.3 Å². The Morgan fingerprint density at radius 2 is 1.06 bits per heavy atom. The summed E-state index contributed by atoms with van der Waals surface area (Å²) in [6.45, 7) is 7.87. The molecule has 1 saturated heterocycles. The monoisotopic (exact) mass is 452 g/mol. The van der Waals surface area contributed by atoms with Gasteiger partial charge in [0.25, 0.3) is 0 Å². The standard InChI is InChI=1S/C25H36N6O2/c26-24(27)20-4-8-22(9-5-20)32-18-2-14-30-12-1-13-31(17-16-30)15-3-19-33-23-10-6-21(7-11-23)25(28)29/h4-11H,1-3,12-19H2,(H3,26,27)(H3,28,29). The van der Waals surface area contributed by atoms with Crippen molar-refractivity contribution in [3.8, 4) is 11.5 Å². The fraction of sp³-hybridized carbons (Fsp3) is 0.440. The Morgan fingerprint density at radius 3 is 1.42 bits per heavy atom. The van der Waals surface area contributed by atoms with Gasteiger partial charge in [0.2, 0.25) is 0 Å². The fourth-order valence-corrected chi connectivity index (χ4v) is 3.89. The van der Waals surface area contributed by atoms with Crippen LogP contribution in [0, 0.1) is 10.8 Å². The third-order valence-corrected chi connectivity index (χ3v) is 5.79. The maximum atomic E-state index is 7.43. The molecule has 0 spiro atoms. The first-order chi connectivity index (χ1) is 16.0. The summed E-state index contributed by atoms with van der Waals surface area (Å²) in [5.41, 5.74) is 12.4. The highest BCUT2D eigenvalue weighted by molar-refractivity contribution is 5.95. The predicted molar refractivity (Wildman–Crippen MR) is 133 cm³/mol. The largest absolute Gasteiger partial charge is 0.494 e. The highest BCUT2D eigenvalue weighted by Gasteiger charge is 2.14. The smallest absolute Gasteiger partial charge is 0.122 e. The zero-order valence-electron chi connectivity index (χ0n) is 19.3. The lowest BCUT2D eigenvalue weighted by Gasteiger charge is -2.21. The van der Waals surface area contributed by atoms with Crippen LogP contribution in [0.1, 0.15) is 30.4 Å². The van der Waals surface area contributed by atoms with Crippen molar-refractivity contribution in [3.05, 3.63) is 59.7 Å². The van der Waals surface area contributed by atoms with Crippen LogP contribution in [0.25, 0.3) is 0 Å². The number of nitrogens with one attached hydrogen (secondary N) is 2. The molecule has 0 unspecified atom stereocenters. The van der Waals surface area contributed by atoms with Gasteiger partial charge in [-0.25, -0.2) is 0 Å². The van der Waals surface area contributed by atoms with E-state index in [0.29, 0.717) is 24.3 Å². The van der Waals surface area contributed by atoms with E-state index in [0.717, 1.165) is 63.6 Å². The molecular formula is C25H36N6O2. The number of ether oxygens (including phenoxy) is 2. The van der Waals surface area contributed by atoms with Crippen molar-refractivity contribution < 1.29 is 9.47 Å². The van der Waals surface area contributed by atoms with E-state index < -0.39 is 0 Å². The zero-order valence-corrected chi connectivity index (χ0v) is 19.3. The van der Waals surface area contributed by atoms with Gasteiger partial charge in [0.05, 0.1) is 13.2 Å². The molecule has 8 nitrogen and oxygen atoms in total. The SMILES string of the molecule is N=C(N)c1ccc(OCCCN2CCCN(CCCOc3ccc(C(=N)N)cc3)CC2)cc1. The summed E-state index contributed by atoms with van der Waals surface area (Å²) in [6.07, 6.45) is 3.16. The Balaban J connectivity index is 1.27. The molecule has 3 rings (SSSR count). The molecule has 1 heterocycles. The Morgan fingerprint density at radius 1 is 0.667 bits per heavy atom. The molecule has 1 aliphatic heterocycles. The van der Waals surface area contributed by atoms with Gasteiger partial charge in [-0.1, -0.05) is 0 Å². The summed E-state index contributed by atoms with van der Waals surface area (Å²) in [5.74, 6) is 1.78. The maximum absolute atomic E-state index is 7.43. The van der Waals surface area contributed by atoms with E-state index >= 15 is 0 Å². The molecule has 1 fully saturated rings. The molecule has 0 bridgehead atoms. The van der Waals surface area contributed by atoms with Crippen molar-refractivity contribution in [1.29, 1.82) is 10.8 Å². The van der Waals surface area contributed by atoms with E-state index in [4.69, 9.17) is 31.8 Å². The summed E-state index contributed by atoms with van der Waals surface area (Å²) >= 11 is 0. The van der Waals surface area contributed by atoms with E-state index in [-0.39, 0.29) is 11.7 Å². The van der Waals surface area contributed by atoms with Gasteiger partial charge in [-0.3, -0.25) is 10.8 Å². The maximum Gasteiger partial charge on any atom is 0.122 e. The minimum absolute atomic E-state index is 0.0738. The minimum Gasteiger partial charge on any atom is -0.494 e. The van der Waals surface area contributed by atoms with Gasteiger partial charge in [0.1, 0.15) is 23.2 Å². The predicted octanol–water partition coefficient (Wildman–Crippen LogP) is 2.50. The number of nitrogen functional groups attached to an aromatic ring is 2. The molecule has 2 aromatic carbocycles. The number of amidine groups is 2. The van der Waals surface area contributed by atoms with Gasteiger partial charge in [-0.05, 0) is 80.9 Å². The summed E-state index contributed by atoms with van der Waals surface area (Å²) < 4.78 is 11.7. The Labute approximate surface area is 196 Å². The molecule has 0 aliphatic carbocycles. The normalized spacial score (nSPS) is 15.0. The third-order valence-electron chi connectivity index (χ3n) is 5.79. The van der Waals surface area contributed by atoms with Gasteiger partial charge in [0.15, 0.2) is 0 Å². The van der Waals surface area contributed by atoms with Crippen LogP contribution in [0.15, 0.2) is 48.5 Å². The van der Waals surface area contributed by atoms with Crippen LogP contribution in [0.3, 0.4) is 0 Å². The van der Waals surface area contributed by atoms with Crippen LogP contribution in [0.4, 0.5) is 0 Å². The average Bonchev–Trinajstić information content (AvgIpc) is 3.05. The number of nitrogens with zero attached hydrogens (tertiary/aromatic N) is 2. The first-order valence-electron chi connectivity index (χ1n) is 11.6. The van der Waals surface area contributed by atoms with Crippen molar-refractivity contribution in [2.24, 2.45) is 11.5 Å². The number of nitrogens with two attached hydrogens (primary N) is 2. The molecule has 33 heavy (non-hydrogen) atoms. The average molecular weight is 453 g/mol. The highest BCUT2D eigenvalue weighted by atomic mass is 16.5. The lowest BCUT2D eigenvalue weighted by molar-refractivity contribution is 0.221. The van der Waals surface area contributed by atoms with Crippen molar-refractivity contribution in [1.82, 2.24) is 9.80 Å². The lowest BCUT2D eigenvalue weighted by Crippen LogP contribution is -2.32. The first-order valence-corrected chi connectivity index (χ1v) is 11.6. The minimum atomic E-state index is 0.0738. The second kappa shape index (κ2) is 12.8. The van der Waals surface area contributed by atoms with Crippen molar-refractivity contribution >= 4 is 11.7 Å². The summed E-state index contributed by atoms with van der Waals surface area (Å²) in [6, 6.07) is 14.7. The molecule has 0 atom stereocenters. The number of hydrogen-bond acceptors (Lipinski definition) is 6. The topological polar surface area (TPSA) is 125 Å². The lowest BCUT2D eigenvalue weighted by atomic mass is 10.2. The van der Waals surface area contributed by atoms with Crippen molar-refractivity contribution in [2.45, 2.75) is 19.3 Å².